The molecule has 2 aromatic rings. The number of nitrogens with two attached hydrogens (primary N) is 1. The van der Waals surface area contributed by atoms with Crippen LogP contribution in [-0.4, -0.2) is 20.7 Å². The molecular formula is C11H15N5O2. The Morgan fingerprint density at radius 1 is 1.50 bits per heavy atom. The van der Waals surface area contributed by atoms with Crippen molar-refractivity contribution in [2.24, 2.45) is 0 Å². The maximum atomic E-state index is 12.0. The molecule has 7 nitrogen and oxygen atoms in total. The predicted molar refractivity (Wildman–Crippen MR) is 66.2 cm³/mol. The van der Waals surface area contributed by atoms with Crippen molar-refractivity contribution in [3.63, 3.8) is 0 Å². The van der Waals surface area contributed by atoms with Gasteiger partial charge in [0.25, 0.3) is 5.91 Å². The second-order valence-electron chi connectivity index (χ2n) is 4.24. The molecule has 96 valence electrons. The first-order valence-corrected chi connectivity index (χ1v) is 5.56. The third-order valence-corrected chi connectivity index (χ3v) is 2.41. The summed E-state index contributed by atoms with van der Waals surface area (Å²) in [4.78, 5) is 12.0. The number of carbonyl (C=O) groups excluding carboxylic acids is 1. The molecule has 0 aliphatic rings. The lowest BCUT2D eigenvalue weighted by Gasteiger charge is -2.11. The Hall–Kier alpha value is -2.31. The normalized spacial score (nSPS) is 10.9. The van der Waals surface area contributed by atoms with Gasteiger partial charge >= 0.3 is 6.01 Å². The molecule has 0 saturated carbocycles. The molecular weight excluding hydrogens is 234 g/mol. The first kappa shape index (κ1) is 12.2. The van der Waals surface area contributed by atoms with Crippen LogP contribution in [0.1, 0.15) is 36.3 Å². The van der Waals surface area contributed by atoms with Crippen molar-refractivity contribution in [1.29, 1.82) is 0 Å². The summed E-state index contributed by atoms with van der Waals surface area (Å²) in [6.45, 7) is 5.58. The van der Waals surface area contributed by atoms with E-state index in [1.165, 1.54) is 0 Å². The molecule has 3 N–H and O–H groups in total. The highest BCUT2D eigenvalue weighted by molar-refractivity contribution is 6.02. The molecule has 18 heavy (non-hydrogen) atoms. The lowest BCUT2D eigenvalue weighted by atomic mass is 10.3. The molecule has 0 atom stereocenters. The summed E-state index contributed by atoms with van der Waals surface area (Å²) in [5, 5.41) is 9.87. The molecule has 0 spiro atoms. The smallest absolute Gasteiger partial charge is 0.322 e. The van der Waals surface area contributed by atoms with Crippen LogP contribution in [0.5, 0.6) is 0 Å². The van der Waals surface area contributed by atoms with E-state index in [4.69, 9.17) is 10.2 Å². The Morgan fingerprint density at radius 3 is 2.78 bits per heavy atom. The highest BCUT2D eigenvalue weighted by atomic mass is 16.4. The van der Waals surface area contributed by atoms with Crippen LogP contribution in [-0.2, 0) is 0 Å². The summed E-state index contributed by atoms with van der Waals surface area (Å²) in [6.07, 6.45) is 1.72. The maximum absolute atomic E-state index is 12.0. The summed E-state index contributed by atoms with van der Waals surface area (Å²) < 4.78 is 6.87. The second kappa shape index (κ2) is 4.52. The fraction of sp³-hybridized carbons (Fsp3) is 0.364. The van der Waals surface area contributed by atoms with Crippen LogP contribution in [0.4, 0.5) is 11.7 Å². The summed E-state index contributed by atoms with van der Waals surface area (Å²) in [7, 11) is 0. The largest absolute Gasteiger partial charge is 0.408 e. The number of nitrogens with zero attached hydrogens (tertiary/aromatic N) is 3. The number of rotatable bonds is 3. The topological polar surface area (TPSA) is 99.0 Å². The fourth-order valence-corrected chi connectivity index (χ4v) is 1.62. The van der Waals surface area contributed by atoms with Gasteiger partial charge in [0.1, 0.15) is 5.69 Å². The molecule has 2 heterocycles. The Bertz CT molecular complexity index is 570. The third kappa shape index (κ3) is 2.34. The van der Waals surface area contributed by atoms with Crippen molar-refractivity contribution in [3.05, 3.63) is 23.8 Å². The SMILES string of the molecule is Cc1nnc(NC(=O)c2cc(N)cn2C(C)C)o1. The summed E-state index contributed by atoms with van der Waals surface area (Å²) in [5.74, 6) is 0.0631. The van der Waals surface area contributed by atoms with Crippen molar-refractivity contribution in [2.45, 2.75) is 26.8 Å². The number of anilines is 2. The van der Waals surface area contributed by atoms with E-state index in [0.717, 1.165) is 0 Å². The zero-order chi connectivity index (χ0) is 13.3. The average molecular weight is 249 g/mol. The molecule has 2 rings (SSSR count). The van der Waals surface area contributed by atoms with Crippen LogP contribution >= 0.6 is 0 Å². The molecule has 0 aliphatic heterocycles. The van der Waals surface area contributed by atoms with E-state index in [0.29, 0.717) is 17.3 Å². The van der Waals surface area contributed by atoms with E-state index in [1.54, 1.807) is 23.8 Å². The zero-order valence-corrected chi connectivity index (χ0v) is 10.5. The lowest BCUT2D eigenvalue weighted by Crippen LogP contribution is -2.17. The van der Waals surface area contributed by atoms with E-state index < -0.39 is 0 Å². The van der Waals surface area contributed by atoms with Gasteiger partial charge in [-0.05, 0) is 19.9 Å². The van der Waals surface area contributed by atoms with Crippen molar-refractivity contribution in [3.8, 4) is 0 Å². The minimum absolute atomic E-state index is 0.0765. The van der Waals surface area contributed by atoms with Crippen molar-refractivity contribution in [2.75, 3.05) is 11.1 Å². The number of aryl methyl sites for hydroxylation is 1. The van der Waals surface area contributed by atoms with Crippen LogP contribution in [0.3, 0.4) is 0 Å². The number of nitrogens with one attached hydrogen (secondary N) is 1. The van der Waals surface area contributed by atoms with Gasteiger partial charge in [0.2, 0.25) is 5.89 Å². The lowest BCUT2D eigenvalue weighted by molar-refractivity contribution is 0.101. The van der Waals surface area contributed by atoms with Crippen molar-refractivity contribution >= 4 is 17.6 Å². The minimum atomic E-state index is -0.330. The number of hydrogen-bond acceptors (Lipinski definition) is 5. The molecule has 0 saturated heterocycles. The number of nitrogen functional groups attached to an aromatic ring is 1. The van der Waals surface area contributed by atoms with E-state index in [9.17, 15) is 4.79 Å². The fourth-order valence-electron chi connectivity index (χ4n) is 1.62. The van der Waals surface area contributed by atoms with E-state index in [1.807, 2.05) is 13.8 Å². The molecule has 7 heteroatoms. The van der Waals surface area contributed by atoms with Crippen LogP contribution in [0.2, 0.25) is 0 Å². The zero-order valence-electron chi connectivity index (χ0n) is 10.5. The van der Waals surface area contributed by atoms with Gasteiger partial charge in [-0.2, -0.15) is 0 Å². The molecule has 0 fully saturated rings. The van der Waals surface area contributed by atoms with Crippen LogP contribution in [0.15, 0.2) is 16.7 Å². The molecule has 2 aromatic heterocycles. The maximum Gasteiger partial charge on any atom is 0.322 e. The van der Waals surface area contributed by atoms with Crippen LogP contribution in [0.25, 0.3) is 0 Å². The molecule has 0 aromatic carbocycles. The number of aromatic nitrogens is 3. The first-order chi connectivity index (χ1) is 8.47. The predicted octanol–water partition coefficient (Wildman–Crippen LogP) is 1.59. The van der Waals surface area contributed by atoms with Gasteiger partial charge in [0, 0.05) is 19.2 Å². The summed E-state index contributed by atoms with van der Waals surface area (Å²) >= 11 is 0. The monoisotopic (exact) mass is 249 g/mol. The molecule has 0 unspecified atom stereocenters. The molecule has 0 aliphatic carbocycles. The van der Waals surface area contributed by atoms with Crippen LogP contribution in [0, 0.1) is 6.92 Å². The van der Waals surface area contributed by atoms with E-state index >= 15 is 0 Å². The highest BCUT2D eigenvalue weighted by Crippen LogP contribution is 2.17. The Morgan fingerprint density at radius 2 is 2.22 bits per heavy atom. The van der Waals surface area contributed by atoms with E-state index in [-0.39, 0.29) is 18.0 Å². The standard InChI is InChI=1S/C11H15N5O2/c1-6(2)16-5-8(12)4-9(16)10(17)13-11-15-14-7(3)18-11/h4-6H,12H2,1-3H3,(H,13,15,17). The number of carbonyl (C=O) groups is 1. The minimum Gasteiger partial charge on any atom is -0.408 e. The van der Waals surface area contributed by atoms with Gasteiger partial charge in [-0.1, -0.05) is 5.10 Å². The molecule has 0 bridgehead atoms. The summed E-state index contributed by atoms with van der Waals surface area (Å²) in [6, 6.07) is 1.82. The third-order valence-electron chi connectivity index (χ3n) is 2.41. The van der Waals surface area contributed by atoms with Gasteiger partial charge in [0.15, 0.2) is 0 Å². The number of hydrogen-bond donors (Lipinski definition) is 2. The Kier molecular flexibility index (Phi) is 3.05. The van der Waals surface area contributed by atoms with Gasteiger partial charge in [0.05, 0.1) is 5.69 Å². The van der Waals surface area contributed by atoms with Gasteiger partial charge in [-0.25, -0.2) is 0 Å². The Labute approximate surface area is 104 Å². The highest BCUT2D eigenvalue weighted by Gasteiger charge is 2.16. The second-order valence-corrected chi connectivity index (χ2v) is 4.24. The summed E-state index contributed by atoms with van der Waals surface area (Å²) in [5.41, 5.74) is 6.69. The molecule has 0 radical (unpaired) electrons. The van der Waals surface area contributed by atoms with Gasteiger partial charge in [-0.3, -0.25) is 10.1 Å². The van der Waals surface area contributed by atoms with Crippen LogP contribution < -0.4 is 11.1 Å². The average Bonchev–Trinajstić information content (AvgIpc) is 2.85. The van der Waals surface area contributed by atoms with Crippen molar-refractivity contribution in [1.82, 2.24) is 14.8 Å². The first-order valence-electron chi connectivity index (χ1n) is 5.56. The number of amides is 1. The van der Waals surface area contributed by atoms with Crippen molar-refractivity contribution < 1.29 is 9.21 Å². The van der Waals surface area contributed by atoms with Gasteiger partial charge in [-0.15, -0.1) is 5.10 Å². The van der Waals surface area contributed by atoms with E-state index in [2.05, 4.69) is 15.5 Å². The Balaban J connectivity index is 2.23. The quantitative estimate of drug-likeness (QED) is 0.860. The molecule has 1 amide bonds. The van der Waals surface area contributed by atoms with Gasteiger partial charge < -0.3 is 14.7 Å².